The molecule has 2 atom stereocenters. The molecule has 1 heterocycles. The second-order valence-corrected chi connectivity index (χ2v) is 5.05. The van der Waals surface area contributed by atoms with Crippen LogP contribution in [0.3, 0.4) is 0 Å². The largest absolute Gasteiger partial charge is 0.497 e. The summed E-state index contributed by atoms with van der Waals surface area (Å²) in [5, 5.41) is 2.75. The van der Waals surface area contributed by atoms with Gasteiger partial charge in [-0.1, -0.05) is 0 Å². The Balaban J connectivity index is 1.87. The van der Waals surface area contributed by atoms with Crippen molar-refractivity contribution in [2.45, 2.75) is 32.0 Å². The Morgan fingerprint density at radius 2 is 2.38 bits per heavy atom. The Labute approximate surface area is 124 Å². The summed E-state index contributed by atoms with van der Waals surface area (Å²) < 4.78 is 16.1. The van der Waals surface area contributed by atoms with Crippen LogP contribution in [0, 0.1) is 0 Å². The van der Waals surface area contributed by atoms with Crippen LogP contribution < -0.4 is 15.8 Å². The van der Waals surface area contributed by atoms with Gasteiger partial charge in [-0.15, -0.1) is 0 Å². The molecule has 3 N–H and O–H groups in total. The first-order valence-electron chi connectivity index (χ1n) is 7.07. The van der Waals surface area contributed by atoms with Crippen molar-refractivity contribution in [2.75, 3.05) is 31.4 Å². The number of nitrogen functional groups attached to an aromatic ring is 1. The maximum Gasteiger partial charge on any atom is 0.253 e. The molecule has 6 nitrogen and oxygen atoms in total. The van der Waals surface area contributed by atoms with Crippen LogP contribution in [0.2, 0.25) is 0 Å². The molecule has 6 heteroatoms. The molecule has 1 fully saturated rings. The lowest BCUT2D eigenvalue weighted by molar-refractivity contribution is -0.128. The summed E-state index contributed by atoms with van der Waals surface area (Å²) >= 11 is 0. The average molecular weight is 294 g/mol. The van der Waals surface area contributed by atoms with Gasteiger partial charge in [0.15, 0.2) is 0 Å². The van der Waals surface area contributed by atoms with Crippen LogP contribution in [0.1, 0.15) is 19.8 Å². The number of hydrogen-bond donors (Lipinski definition) is 2. The molecule has 116 valence electrons. The van der Waals surface area contributed by atoms with Gasteiger partial charge in [0.2, 0.25) is 0 Å². The normalized spacial score (nSPS) is 19.2. The summed E-state index contributed by atoms with van der Waals surface area (Å²) in [6.07, 6.45) is 1.56. The zero-order chi connectivity index (χ0) is 15.2. The third-order valence-corrected chi connectivity index (χ3v) is 3.44. The molecule has 0 bridgehead atoms. The van der Waals surface area contributed by atoms with E-state index in [1.165, 1.54) is 0 Å². The maximum atomic E-state index is 12.1. The van der Waals surface area contributed by atoms with Gasteiger partial charge in [0.1, 0.15) is 11.9 Å². The van der Waals surface area contributed by atoms with E-state index >= 15 is 0 Å². The van der Waals surface area contributed by atoms with Crippen LogP contribution in [0.4, 0.5) is 11.4 Å². The number of methoxy groups -OCH3 is 1. The molecule has 21 heavy (non-hydrogen) atoms. The molecular weight excluding hydrogens is 272 g/mol. The van der Waals surface area contributed by atoms with Gasteiger partial charge in [-0.25, -0.2) is 0 Å². The molecule has 1 aliphatic rings. The fourth-order valence-electron chi connectivity index (χ4n) is 2.11. The first-order chi connectivity index (χ1) is 10.1. The highest BCUT2D eigenvalue weighted by atomic mass is 16.5. The van der Waals surface area contributed by atoms with Crippen LogP contribution in [-0.2, 0) is 14.3 Å². The van der Waals surface area contributed by atoms with Crippen LogP contribution in [0.25, 0.3) is 0 Å². The molecule has 0 spiro atoms. The van der Waals surface area contributed by atoms with Gasteiger partial charge in [0.25, 0.3) is 5.91 Å². The van der Waals surface area contributed by atoms with Crippen LogP contribution in [0.5, 0.6) is 5.75 Å². The molecule has 0 aromatic heterocycles. The molecule has 0 radical (unpaired) electrons. The zero-order valence-electron chi connectivity index (χ0n) is 12.4. The predicted octanol–water partition coefficient (Wildman–Crippen LogP) is 1.80. The number of carbonyl (C=O) groups is 1. The molecule has 0 saturated carbocycles. The molecular formula is C15H22N2O4. The van der Waals surface area contributed by atoms with Crippen molar-refractivity contribution < 1.29 is 19.0 Å². The molecule has 1 saturated heterocycles. The number of hydrogen-bond acceptors (Lipinski definition) is 5. The first kappa shape index (κ1) is 15.6. The Hall–Kier alpha value is -1.79. The fourth-order valence-corrected chi connectivity index (χ4v) is 2.11. The highest BCUT2D eigenvalue weighted by molar-refractivity contribution is 5.96. The summed E-state index contributed by atoms with van der Waals surface area (Å²) in [6.45, 7) is 2.91. The number of amides is 1. The highest BCUT2D eigenvalue weighted by Crippen LogP contribution is 2.24. The zero-order valence-corrected chi connectivity index (χ0v) is 12.4. The lowest BCUT2D eigenvalue weighted by atomic mass is 10.2. The van der Waals surface area contributed by atoms with Gasteiger partial charge in [-0.05, 0) is 31.9 Å². The number of nitrogens with two attached hydrogens (primary N) is 1. The molecule has 1 amide bonds. The van der Waals surface area contributed by atoms with Crippen molar-refractivity contribution >= 4 is 17.3 Å². The molecule has 1 aliphatic heterocycles. The highest BCUT2D eigenvalue weighted by Gasteiger charge is 2.20. The van der Waals surface area contributed by atoms with E-state index in [4.69, 9.17) is 19.9 Å². The van der Waals surface area contributed by atoms with Gasteiger partial charge < -0.3 is 25.3 Å². The van der Waals surface area contributed by atoms with Crippen molar-refractivity contribution in [3.05, 3.63) is 18.2 Å². The van der Waals surface area contributed by atoms with Crippen molar-refractivity contribution in [3.63, 3.8) is 0 Å². The topological polar surface area (TPSA) is 82.8 Å². The number of benzene rings is 1. The summed E-state index contributed by atoms with van der Waals surface area (Å²) in [5.74, 6) is 0.389. The van der Waals surface area contributed by atoms with Crippen molar-refractivity contribution in [3.8, 4) is 5.75 Å². The molecule has 1 aromatic rings. The molecule has 2 unspecified atom stereocenters. The SMILES string of the molecule is COc1ccc(N)c(NC(=O)C(C)OCC2CCCO2)c1. The third kappa shape index (κ3) is 4.34. The maximum absolute atomic E-state index is 12.1. The number of nitrogens with one attached hydrogen (secondary N) is 1. The second kappa shape index (κ2) is 7.28. The molecule has 0 aliphatic carbocycles. The summed E-state index contributed by atoms with van der Waals surface area (Å²) in [7, 11) is 1.56. The fraction of sp³-hybridized carbons (Fsp3) is 0.533. The predicted molar refractivity (Wildman–Crippen MR) is 80.4 cm³/mol. The summed E-state index contributed by atoms with van der Waals surface area (Å²) in [6, 6.07) is 5.11. The van der Waals surface area contributed by atoms with E-state index in [0.717, 1.165) is 19.4 Å². The number of carbonyl (C=O) groups excluding carboxylic acids is 1. The monoisotopic (exact) mass is 294 g/mol. The van der Waals surface area contributed by atoms with E-state index in [9.17, 15) is 4.79 Å². The summed E-state index contributed by atoms with van der Waals surface area (Å²) in [5.41, 5.74) is 6.84. The van der Waals surface area contributed by atoms with Gasteiger partial charge in [0, 0.05) is 12.7 Å². The average Bonchev–Trinajstić information content (AvgIpc) is 3.00. The smallest absolute Gasteiger partial charge is 0.253 e. The number of rotatable bonds is 6. The Morgan fingerprint density at radius 1 is 1.57 bits per heavy atom. The van der Waals surface area contributed by atoms with Crippen molar-refractivity contribution in [1.82, 2.24) is 0 Å². The van der Waals surface area contributed by atoms with E-state index in [1.807, 2.05) is 0 Å². The van der Waals surface area contributed by atoms with Crippen molar-refractivity contribution in [1.29, 1.82) is 0 Å². The Morgan fingerprint density at radius 3 is 3.05 bits per heavy atom. The lowest BCUT2D eigenvalue weighted by Crippen LogP contribution is -2.30. The molecule has 1 aromatic carbocycles. The Bertz CT molecular complexity index is 487. The van der Waals surface area contributed by atoms with Gasteiger partial charge in [0.05, 0.1) is 31.2 Å². The van der Waals surface area contributed by atoms with E-state index in [2.05, 4.69) is 5.32 Å². The van der Waals surface area contributed by atoms with Gasteiger partial charge >= 0.3 is 0 Å². The van der Waals surface area contributed by atoms with E-state index in [1.54, 1.807) is 32.2 Å². The van der Waals surface area contributed by atoms with Gasteiger partial charge in [-0.3, -0.25) is 4.79 Å². The first-order valence-corrected chi connectivity index (χ1v) is 7.07. The number of anilines is 2. The standard InChI is InChI=1S/C15H22N2O4/c1-10(21-9-12-4-3-7-20-12)15(18)17-14-8-11(19-2)5-6-13(14)16/h5-6,8,10,12H,3-4,7,9,16H2,1-2H3,(H,17,18). The minimum atomic E-state index is -0.570. The number of ether oxygens (including phenoxy) is 3. The van der Waals surface area contributed by atoms with E-state index in [0.29, 0.717) is 23.7 Å². The minimum absolute atomic E-state index is 0.0992. The molecule has 2 rings (SSSR count). The van der Waals surface area contributed by atoms with E-state index < -0.39 is 6.10 Å². The second-order valence-electron chi connectivity index (χ2n) is 5.05. The van der Waals surface area contributed by atoms with Gasteiger partial charge in [-0.2, -0.15) is 0 Å². The van der Waals surface area contributed by atoms with Crippen molar-refractivity contribution in [2.24, 2.45) is 0 Å². The Kier molecular flexibility index (Phi) is 5.41. The quantitative estimate of drug-likeness (QED) is 0.782. The van der Waals surface area contributed by atoms with Crippen LogP contribution in [0.15, 0.2) is 18.2 Å². The third-order valence-electron chi connectivity index (χ3n) is 3.44. The lowest BCUT2D eigenvalue weighted by Gasteiger charge is -2.17. The minimum Gasteiger partial charge on any atom is -0.497 e. The summed E-state index contributed by atoms with van der Waals surface area (Å²) in [4.78, 5) is 12.1. The van der Waals surface area contributed by atoms with Crippen LogP contribution >= 0.6 is 0 Å². The van der Waals surface area contributed by atoms with E-state index in [-0.39, 0.29) is 12.0 Å². The van der Waals surface area contributed by atoms with Crippen LogP contribution in [-0.4, -0.2) is 38.4 Å².